The summed E-state index contributed by atoms with van der Waals surface area (Å²) in [5.41, 5.74) is 1.62. The van der Waals surface area contributed by atoms with Gasteiger partial charge in [0.15, 0.2) is 0 Å². The molecule has 0 radical (unpaired) electrons. The number of allylic oxidation sites excluding steroid dienone is 2. The first kappa shape index (κ1) is 15.7. The average molecular weight is 224 g/mol. The molecule has 0 aliphatic heterocycles. The van der Waals surface area contributed by atoms with Gasteiger partial charge < -0.3 is 0 Å². The molecule has 0 bridgehead atoms. The Balaban J connectivity index is 3.25. The van der Waals surface area contributed by atoms with Gasteiger partial charge in [0.1, 0.15) is 0 Å². The summed E-state index contributed by atoms with van der Waals surface area (Å²) in [5, 5.41) is 0. The van der Waals surface area contributed by atoms with E-state index in [9.17, 15) is 0 Å². The molecule has 0 heterocycles. The maximum atomic E-state index is 2.46. The van der Waals surface area contributed by atoms with Crippen molar-refractivity contribution in [3.63, 3.8) is 0 Å². The third-order valence-corrected chi connectivity index (χ3v) is 3.23. The van der Waals surface area contributed by atoms with Crippen LogP contribution in [0.2, 0.25) is 0 Å². The largest absolute Gasteiger partial charge is 0.0856 e. The first-order valence-corrected chi connectivity index (χ1v) is 7.46. The lowest BCUT2D eigenvalue weighted by Gasteiger charge is -2.02. The summed E-state index contributed by atoms with van der Waals surface area (Å²) in [4.78, 5) is 0. The van der Waals surface area contributed by atoms with Gasteiger partial charge in [-0.3, -0.25) is 0 Å². The van der Waals surface area contributed by atoms with E-state index in [2.05, 4.69) is 26.8 Å². The predicted molar refractivity (Wildman–Crippen MR) is 75.9 cm³/mol. The summed E-state index contributed by atoms with van der Waals surface area (Å²) in [7, 11) is 0. The summed E-state index contributed by atoms with van der Waals surface area (Å²) in [6.07, 6.45) is 17.7. The number of hydrogen-bond donors (Lipinski definition) is 0. The van der Waals surface area contributed by atoms with Crippen molar-refractivity contribution in [3.05, 3.63) is 11.6 Å². The van der Waals surface area contributed by atoms with Crippen LogP contribution in [-0.2, 0) is 0 Å². The summed E-state index contributed by atoms with van der Waals surface area (Å²) in [6, 6.07) is 0. The van der Waals surface area contributed by atoms with Crippen molar-refractivity contribution in [2.75, 3.05) is 0 Å². The normalized spacial score (nSPS) is 12.1. The van der Waals surface area contributed by atoms with Gasteiger partial charge in [-0.15, -0.1) is 0 Å². The SMILES string of the molecule is CCCCC/C=C(/C)CCCCCCCC. The van der Waals surface area contributed by atoms with Crippen LogP contribution in [0.1, 0.15) is 91.4 Å². The fourth-order valence-corrected chi connectivity index (χ4v) is 2.03. The van der Waals surface area contributed by atoms with Crippen molar-refractivity contribution in [3.8, 4) is 0 Å². The molecule has 0 aromatic rings. The third-order valence-electron chi connectivity index (χ3n) is 3.23. The zero-order valence-corrected chi connectivity index (χ0v) is 11.9. The maximum absolute atomic E-state index is 2.46. The second kappa shape index (κ2) is 12.8. The van der Waals surface area contributed by atoms with Crippen molar-refractivity contribution in [1.82, 2.24) is 0 Å². The van der Waals surface area contributed by atoms with Crippen molar-refractivity contribution >= 4 is 0 Å². The van der Waals surface area contributed by atoms with E-state index >= 15 is 0 Å². The number of unbranched alkanes of at least 4 members (excludes halogenated alkanes) is 8. The Bertz CT molecular complexity index is 155. The monoisotopic (exact) mass is 224 g/mol. The highest BCUT2D eigenvalue weighted by molar-refractivity contribution is 4.97. The minimum atomic E-state index is 1.30. The van der Waals surface area contributed by atoms with E-state index < -0.39 is 0 Å². The van der Waals surface area contributed by atoms with E-state index in [1.165, 1.54) is 70.6 Å². The predicted octanol–water partition coefficient (Wildman–Crippen LogP) is 6.26. The molecule has 0 spiro atoms. The Hall–Kier alpha value is -0.260. The fraction of sp³-hybridized carbons (Fsp3) is 0.875. The van der Waals surface area contributed by atoms with Crippen LogP contribution in [0.3, 0.4) is 0 Å². The molecular weight excluding hydrogens is 192 g/mol. The Morgan fingerprint density at radius 2 is 1.31 bits per heavy atom. The van der Waals surface area contributed by atoms with Crippen molar-refractivity contribution in [2.45, 2.75) is 91.4 Å². The molecule has 0 atom stereocenters. The second-order valence-electron chi connectivity index (χ2n) is 5.06. The zero-order chi connectivity index (χ0) is 12.1. The Labute approximate surface area is 104 Å². The zero-order valence-electron chi connectivity index (χ0n) is 11.9. The lowest BCUT2D eigenvalue weighted by molar-refractivity contribution is 0.605. The molecule has 0 aliphatic rings. The second-order valence-corrected chi connectivity index (χ2v) is 5.06. The molecule has 0 N–H and O–H groups in total. The van der Waals surface area contributed by atoms with Gasteiger partial charge in [-0.1, -0.05) is 70.4 Å². The minimum Gasteiger partial charge on any atom is -0.0856 e. The molecule has 0 heteroatoms. The Kier molecular flexibility index (Phi) is 12.6. The first-order chi connectivity index (χ1) is 7.81. The lowest BCUT2D eigenvalue weighted by Crippen LogP contribution is -1.82. The Morgan fingerprint density at radius 3 is 2.00 bits per heavy atom. The molecule has 96 valence electrons. The van der Waals surface area contributed by atoms with Crippen LogP contribution in [0.4, 0.5) is 0 Å². The van der Waals surface area contributed by atoms with Crippen LogP contribution in [-0.4, -0.2) is 0 Å². The Morgan fingerprint density at radius 1 is 0.750 bits per heavy atom. The van der Waals surface area contributed by atoms with Crippen LogP contribution in [0.5, 0.6) is 0 Å². The molecule has 0 rings (SSSR count). The smallest absolute Gasteiger partial charge is 0.0323 e. The highest BCUT2D eigenvalue weighted by Crippen LogP contribution is 2.12. The number of hydrogen-bond acceptors (Lipinski definition) is 0. The van der Waals surface area contributed by atoms with E-state index in [0.717, 1.165) is 0 Å². The molecule has 0 nitrogen and oxygen atoms in total. The van der Waals surface area contributed by atoms with Gasteiger partial charge >= 0.3 is 0 Å². The van der Waals surface area contributed by atoms with Gasteiger partial charge in [-0.2, -0.15) is 0 Å². The average Bonchev–Trinajstić information content (AvgIpc) is 2.29. The van der Waals surface area contributed by atoms with Gasteiger partial charge in [0.2, 0.25) is 0 Å². The molecule has 0 saturated carbocycles. The lowest BCUT2D eigenvalue weighted by atomic mass is 10.0. The topological polar surface area (TPSA) is 0 Å². The van der Waals surface area contributed by atoms with E-state index in [4.69, 9.17) is 0 Å². The van der Waals surface area contributed by atoms with E-state index in [1.807, 2.05) is 0 Å². The minimum absolute atomic E-state index is 1.30. The van der Waals surface area contributed by atoms with E-state index in [0.29, 0.717) is 0 Å². The van der Waals surface area contributed by atoms with Gasteiger partial charge in [-0.05, 0) is 32.6 Å². The first-order valence-electron chi connectivity index (χ1n) is 7.46. The van der Waals surface area contributed by atoms with Crippen molar-refractivity contribution in [1.29, 1.82) is 0 Å². The number of rotatable bonds is 11. The molecule has 0 aliphatic carbocycles. The molecule has 16 heavy (non-hydrogen) atoms. The molecular formula is C16H32. The van der Waals surface area contributed by atoms with E-state index in [1.54, 1.807) is 5.57 Å². The van der Waals surface area contributed by atoms with Gasteiger partial charge in [0.25, 0.3) is 0 Å². The molecule has 0 aromatic carbocycles. The third kappa shape index (κ3) is 11.8. The highest BCUT2D eigenvalue weighted by atomic mass is 14.0. The molecule has 0 amide bonds. The molecule has 0 saturated heterocycles. The van der Waals surface area contributed by atoms with Crippen LogP contribution < -0.4 is 0 Å². The van der Waals surface area contributed by atoms with Crippen LogP contribution >= 0.6 is 0 Å². The van der Waals surface area contributed by atoms with Crippen LogP contribution in [0, 0.1) is 0 Å². The van der Waals surface area contributed by atoms with Crippen molar-refractivity contribution in [2.24, 2.45) is 0 Å². The summed E-state index contributed by atoms with van der Waals surface area (Å²) in [5.74, 6) is 0. The molecule has 0 aromatic heterocycles. The highest BCUT2D eigenvalue weighted by Gasteiger charge is 1.92. The summed E-state index contributed by atoms with van der Waals surface area (Å²) < 4.78 is 0. The molecule has 0 fully saturated rings. The van der Waals surface area contributed by atoms with Gasteiger partial charge in [0, 0.05) is 0 Å². The van der Waals surface area contributed by atoms with Gasteiger partial charge in [0.05, 0.1) is 0 Å². The van der Waals surface area contributed by atoms with E-state index in [-0.39, 0.29) is 0 Å². The standard InChI is InChI=1S/C16H32/c1-4-6-8-10-11-13-15-16(3)14-12-9-7-5-2/h14H,4-13,15H2,1-3H3/b16-14-. The van der Waals surface area contributed by atoms with Gasteiger partial charge in [-0.25, -0.2) is 0 Å². The van der Waals surface area contributed by atoms with Crippen LogP contribution in [0.15, 0.2) is 11.6 Å². The van der Waals surface area contributed by atoms with Crippen molar-refractivity contribution < 1.29 is 0 Å². The summed E-state index contributed by atoms with van der Waals surface area (Å²) >= 11 is 0. The quantitative estimate of drug-likeness (QED) is 0.287. The van der Waals surface area contributed by atoms with Crippen LogP contribution in [0.25, 0.3) is 0 Å². The molecule has 0 unspecified atom stereocenters. The maximum Gasteiger partial charge on any atom is -0.0323 e. The summed E-state index contributed by atoms with van der Waals surface area (Å²) in [6.45, 7) is 6.86. The fourth-order valence-electron chi connectivity index (χ4n) is 2.03.